The highest BCUT2D eigenvalue weighted by Crippen LogP contribution is 2.35. The Balaban J connectivity index is 0.000000317. The molecule has 0 saturated carbocycles. The predicted octanol–water partition coefficient (Wildman–Crippen LogP) is 3.04. The van der Waals surface area contributed by atoms with Gasteiger partial charge in [-0.05, 0) is 26.0 Å². The lowest BCUT2D eigenvalue weighted by Gasteiger charge is -2.19. The zero-order valence-electron chi connectivity index (χ0n) is 20.4. The molecule has 17 heteroatoms. The van der Waals surface area contributed by atoms with Crippen molar-refractivity contribution >= 4 is 23.5 Å². The number of alkyl halides is 6. The van der Waals surface area contributed by atoms with Crippen molar-refractivity contribution in [3.05, 3.63) is 41.5 Å². The van der Waals surface area contributed by atoms with E-state index in [1.54, 1.807) is 12.4 Å². The quantitative estimate of drug-likeness (QED) is 0.467. The van der Waals surface area contributed by atoms with Gasteiger partial charge in [0.25, 0.3) is 0 Å². The molecule has 2 aliphatic rings. The van der Waals surface area contributed by atoms with Gasteiger partial charge >= 0.3 is 24.3 Å². The Morgan fingerprint density at radius 2 is 1.67 bits per heavy atom. The number of aryl methyl sites for hydroxylation is 2. The standard InChI is InChI=1S/C18H22N4O3.2C2HF3O2/c1-11-14(12(2)25-21-11)7-22-8-15-16(10-24-17(15)9-22)18(23)20-13-4-3-5-19-6-13;2*3-2(4,5)1(6)7/h3-6,15-17H,7-10H2,1-2H3,(H,20,23);2*(H,6,7)/t15-,16+,17-;;/m1../s1. The fourth-order valence-electron chi connectivity index (χ4n) is 3.82. The highest BCUT2D eigenvalue weighted by Gasteiger charge is 2.47. The van der Waals surface area contributed by atoms with Crippen LogP contribution in [0.2, 0.25) is 0 Å². The number of aliphatic carboxylic acids is 2. The predicted molar refractivity (Wildman–Crippen MR) is 118 cm³/mol. The lowest BCUT2D eigenvalue weighted by atomic mass is 9.92. The summed E-state index contributed by atoms with van der Waals surface area (Å²) in [7, 11) is 0. The molecule has 216 valence electrons. The van der Waals surface area contributed by atoms with E-state index in [9.17, 15) is 31.1 Å². The molecule has 2 aliphatic heterocycles. The van der Waals surface area contributed by atoms with E-state index in [-0.39, 0.29) is 23.8 Å². The molecule has 0 bridgehead atoms. The van der Waals surface area contributed by atoms with Crippen LogP contribution in [0.15, 0.2) is 29.0 Å². The third kappa shape index (κ3) is 9.20. The smallest absolute Gasteiger partial charge is 0.475 e. The van der Waals surface area contributed by atoms with Crippen molar-refractivity contribution in [2.75, 3.05) is 25.0 Å². The first-order valence-electron chi connectivity index (χ1n) is 11.1. The number of pyridine rings is 1. The SMILES string of the molecule is Cc1noc(C)c1CN1C[C@@H]2[C@@H](C(=O)Nc3cccnc3)CO[C@@H]2C1.O=C(O)C(F)(F)F.O=C(O)C(F)(F)F. The second-order valence-electron chi connectivity index (χ2n) is 8.48. The van der Waals surface area contributed by atoms with E-state index in [2.05, 4.69) is 20.4 Å². The van der Waals surface area contributed by atoms with E-state index in [4.69, 9.17) is 29.1 Å². The van der Waals surface area contributed by atoms with Gasteiger partial charge in [-0.15, -0.1) is 0 Å². The Morgan fingerprint density at radius 3 is 2.13 bits per heavy atom. The summed E-state index contributed by atoms with van der Waals surface area (Å²) in [5.74, 6) is -4.54. The van der Waals surface area contributed by atoms with Crippen LogP contribution in [-0.4, -0.2) is 81.3 Å². The van der Waals surface area contributed by atoms with Gasteiger partial charge in [0.15, 0.2) is 0 Å². The van der Waals surface area contributed by atoms with Crippen molar-refractivity contribution in [2.45, 2.75) is 38.8 Å². The van der Waals surface area contributed by atoms with Gasteiger partial charge in [-0.25, -0.2) is 9.59 Å². The normalized spacial score (nSPS) is 20.7. The number of carbonyl (C=O) groups is 3. The number of aromatic nitrogens is 2. The van der Waals surface area contributed by atoms with Crippen molar-refractivity contribution in [2.24, 2.45) is 11.8 Å². The number of nitrogens with zero attached hydrogens (tertiary/aromatic N) is 3. The zero-order valence-corrected chi connectivity index (χ0v) is 20.4. The molecule has 3 N–H and O–H groups in total. The van der Waals surface area contributed by atoms with E-state index >= 15 is 0 Å². The summed E-state index contributed by atoms with van der Waals surface area (Å²) in [6, 6.07) is 3.65. The summed E-state index contributed by atoms with van der Waals surface area (Å²) < 4.78 is 74.6. The summed E-state index contributed by atoms with van der Waals surface area (Å²) in [4.78, 5) is 36.8. The highest BCUT2D eigenvalue weighted by atomic mass is 19.4. The molecule has 3 atom stereocenters. The van der Waals surface area contributed by atoms with Crippen LogP contribution in [0.5, 0.6) is 0 Å². The number of hydrogen-bond acceptors (Lipinski definition) is 8. The number of fused-ring (bicyclic) bond motifs is 1. The van der Waals surface area contributed by atoms with Gasteiger partial charge in [0.2, 0.25) is 5.91 Å². The van der Waals surface area contributed by atoms with Crippen molar-refractivity contribution in [1.82, 2.24) is 15.0 Å². The van der Waals surface area contributed by atoms with Crippen LogP contribution in [0.4, 0.5) is 32.0 Å². The van der Waals surface area contributed by atoms with Crippen LogP contribution in [0.25, 0.3) is 0 Å². The van der Waals surface area contributed by atoms with Gasteiger partial charge in [0, 0.05) is 37.3 Å². The first-order chi connectivity index (χ1) is 18.0. The number of carboxylic acids is 2. The molecular weight excluding hydrogens is 546 g/mol. The number of ether oxygens (including phenoxy) is 1. The first kappa shape index (κ1) is 31.5. The van der Waals surface area contributed by atoms with Crippen molar-refractivity contribution in [3.8, 4) is 0 Å². The molecule has 2 aromatic heterocycles. The minimum Gasteiger partial charge on any atom is -0.475 e. The molecule has 11 nitrogen and oxygen atoms in total. The summed E-state index contributed by atoms with van der Waals surface area (Å²) in [6.07, 6.45) is -6.71. The van der Waals surface area contributed by atoms with E-state index in [0.29, 0.717) is 6.61 Å². The van der Waals surface area contributed by atoms with Crippen LogP contribution < -0.4 is 5.32 Å². The van der Waals surface area contributed by atoms with Crippen molar-refractivity contribution in [1.29, 1.82) is 0 Å². The van der Waals surface area contributed by atoms with Crippen molar-refractivity contribution < 1.29 is 60.2 Å². The van der Waals surface area contributed by atoms with E-state index < -0.39 is 24.3 Å². The Morgan fingerprint density at radius 1 is 1.08 bits per heavy atom. The van der Waals surface area contributed by atoms with E-state index in [0.717, 1.165) is 42.3 Å². The number of amides is 1. The minimum atomic E-state index is -5.08. The molecular formula is C22H24F6N4O7. The Hall–Kier alpha value is -3.73. The maximum absolute atomic E-state index is 12.6. The fraction of sp³-hybridized carbons (Fsp3) is 0.500. The van der Waals surface area contributed by atoms with Crippen LogP contribution in [0.3, 0.4) is 0 Å². The summed E-state index contributed by atoms with van der Waals surface area (Å²) in [5.41, 5.74) is 2.79. The largest absolute Gasteiger partial charge is 0.490 e. The second-order valence-corrected chi connectivity index (χ2v) is 8.48. The average molecular weight is 570 g/mol. The van der Waals surface area contributed by atoms with Gasteiger partial charge < -0.3 is 24.8 Å². The summed E-state index contributed by atoms with van der Waals surface area (Å²) in [5, 5.41) is 21.2. The van der Waals surface area contributed by atoms with Crippen LogP contribution in [0, 0.1) is 25.7 Å². The van der Waals surface area contributed by atoms with Gasteiger partial charge in [-0.1, -0.05) is 5.16 Å². The van der Waals surface area contributed by atoms with Gasteiger partial charge in [0.1, 0.15) is 5.76 Å². The highest BCUT2D eigenvalue weighted by molar-refractivity contribution is 5.93. The molecule has 2 fully saturated rings. The molecule has 0 radical (unpaired) electrons. The molecule has 2 aromatic rings. The number of carbonyl (C=O) groups excluding carboxylic acids is 1. The number of carboxylic acid groups (broad SMARTS) is 2. The fourth-order valence-corrected chi connectivity index (χ4v) is 3.82. The van der Waals surface area contributed by atoms with Gasteiger partial charge in [0.05, 0.1) is 36.2 Å². The Bertz CT molecular complexity index is 1100. The van der Waals surface area contributed by atoms with Gasteiger partial charge in [-0.2, -0.15) is 26.3 Å². The lowest BCUT2D eigenvalue weighted by Crippen LogP contribution is -2.32. The average Bonchev–Trinajstić information content (AvgIpc) is 3.50. The van der Waals surface area contributed by atoms with E-state index in [1.165, 1.54) is 0 Å². The topological polar surface area (TPSA) is 155 Å². The molecule has 0 spiro atoms. The van der Waals surface area contributed by atoms with Crippen molar-refractivity contribution in [3.63, 3.8) is 0 Å². The number of halogens is 6. The Labute approximate surface area is 216 Å². The molecule has 4 heterocycles. The summed E-state index contributed by atoms with van der Waals surface area (Å²) >= 11 is 0. The molecule has 0 aromatic carbocycles. The molecule has 2 saturated heterocycles. The van der Waals surface area contributed by atoms with Crippen LogP contribution in [0.1, 0.15) is 17.0 Å². The number of nitrogens with one attached hydrogen (secondary N) is 1. The molecule has 39 heavy (non-hydrogen) atoms. The van der Waals surface area contributed by atoms with E-state index in [1.807, 2.05) is 26.0 Å². The maximum atomic E-state index is 12.6. The zero-order chi connectivity index (χ0) is 29.5. The molecule has 4 rings (SSSR count). The minimum absolute atomic E-state index is 0.0136. The molecule has 0 aliphatic carbocycles. The summed E-state index contributed by atoms with van der Waals surface area (Å²) in [6.45, 7) is 6.86. The maximum Gasteiger partial charge on any atom is 0.490 e. The number of rotatable bonds is 4. The first-order valence-corrected chi connectivity index (χ1v) is 11.1. The third-order valence-electron chi connectivity index (χ3n) is 5.71. The monoisotopic (exact) mass is 570 g/mol. The Kier molecular flexibility index (Phi) is 10.4. The van der Waals surface area contributed by atoms with Gasteiger partial charge in [-0.3, -0.25) is 14.7 Å². The third-order valence-corrected chi connectivity index (χ3v) is 5.71. The number of hydrogen-bond donors (Lipinski definition) is 3. The molecule has 0 unspecified atom stereocenters. The lowest BCUT2D eigenvalue weighted by molar-refractivity contribution is -0.193. The number of likely N-dealkylation sites (tertiary alicyclic amines) is 1. The van der Waals surface area contributed by atoms with Crippen LogP contribution >= 0.6 is 0 Å². The second kappa shape index (κ2) is 12.9. The number of anilines is 1. The molecule has 1 amide bonds. The van der Waals surface area contributed by atoms with Crippen LogP contribution in [-0.2, 0) is 25.7 Å².